The minimum Gasteiger partial charge on any atom is -0.382 e. The fraction of sp³-hybridized carbons (Fsp3) is 0.778. The number of hydrogen-bond acceptors (Lipinski definition) is 2. The number of ether oxygens (including phenoxy) is 1. The summed E-state index contributed by atoms with van der Waals surface area (Å²) in [6, 6.07) is 4.80. The average molecular weight is 406 g/mol. The van der Waals surface area contributed by atoms with E-state index in [9.17, 15) is 0 Å². The first-order chi connectivity index (χ1) is 13.8. The van der Waals surface area contributed by atoms with Crippen LogP contribution in [0.25, 0.3) is 0 Å². The highest BCUT2D eigenvalue weighted by molar-refractivity contribution is 5.62. The highest BCUT2D eigenvalue weighted by Gasteiger charge is 2.20. The van der Waals surface area contributed by atoms with Crippen LogP contribution in [0.3, 0.4) is 0 Å². The van der Waals surface area contributed by atoms with Gasteiger partial charge >= 0.3 is 0 Å². The van der Waals surface area contributed by atoms with Crippen LogP contribution in [0.1, 0.15) is 136 Å². The van der Waals surface area contributed by atoms with Gasteiger partial charge in [-0.15, -0.1) is 0 Å². The molecule has 2 nitrogen and oxygen atoms in total. The summed E-state index contributed by atoms with van der Waals surface area (Å²) in [4.78, 5) is 0. The third kappa shape index (κ3) is 10.0. The topological polar surface area (TPSA) is 21.3 Å². The van der Waals surface area contributed by atoms with E-state index in [4.69, 9.17) is 4.74 Å². The molecule has 0 amide bonds. The Kier molecular flexibility index (Phi) is 15.2. The second-order valence-electron chi connectivity index (χ2n) is 8.91. The molecule has 1 aromatic carbocycles. The van der Waals surface area contributed by atoms with Gasteiger partial charge in [-0.1, -0.05) is 101 Å². The van der Waals surface area contributed by atoms with E-state index < -0.39 is 0 Å². The maximum atomic E-state index is 5.77. The molecule has 0 aliphatic carbocycles. The van der Waals surface area contributed by atoms with Crippen molar-refractivity contribution in [2.75, 3.05) is 18.5 Å². The summed E-state index contributed by atoms with van der Waals surface area (Å²) in [6.45, 7) is 24.0. The lowest BCUT2D eigenvalue weighted by Crippen LogP contribution is -2.20. The van der Waals surface area contributed by atoms with Crippen molar-refractivity contribution in [3.05, 3.63) is 28.8 Å². The molecule has 1 aliphatic rings. The van der Waals surface area contributed by atoms with Gasteiger partial charge in [0.05, 0.1) is 6.10 Å². The second kappa shape index (κ2) is 15.8. The number of hydrogen-bond donors (Lipinski definition) is 1. The first-order valence-electron chi connectivity index (χ1n) is 12.3. The molecule has 0 aromatic heterocycles. The van der Waals surface area contributed by atoms with E-state index in [1.807, 2.05) is 13.8 Å². The van der Waals surface area contributed by atoms with Gasteiger partial charge in [0.25, 0.3) is 0 Å². The molecule has 0 radical (unpaired) electrons. The Bertz CT molecular complexity index is 496. The van der Waals surface area contributed by atoms with Crippen molar-refractivity contribution >= 4 is 5.69 Å². The number of nitrogens with one attached hydrogen (secondary N) is 1. The van der Waals surface area contributed by atoms with Crippen LogP contribution in [0.2, 0.25) is 0 Å². The minimum absolute atomic E-state index is 0.379. The van der Waals surface area contributed by atoms with Crippen LogP contribution in [0.4, 0.5) is 5.69 Å². The zero-order chi connectivity index (χ0) is 22.4. The number of rotatable bonds is 8. The van der Waals surface area contributed by atoms with Crippen molar-refractivity contribution in [1.82, 2.24) is 0 Å². The first-order valence-corrected chi connectivity index (χ1v) is 12.3. The molecule has 2 heteroatoms. The minimum atomic E-state index is 0.379. The molecule has 0 saturated carbocycles. The molecule has 1 atom stereocenters. The van der Waals surface area contributed by atoms with Crippen LogP contribution < -0.4 is 5.32 Å². The Morgan fingerprint density at radius 1 is 0.897 bits per heavy atom. The van der Waals surface area contributed by atoms with E-state index in [0.717, 1.165) is 13.2 Å². The summed E-state index contributed by atoms with van der Waals surface area (Å²) in [5.74, 6) is 1.63. The van der Waals surface area contributed by atoms with Gasteiger partial charge in [0.15, 0.2) is 0 Å². The zero-order valence-corrected chi connectivity index (χ0v) is 21.3. The van der Waals surface area contributed by atoms with E-state index in [2.05, 4.69) is 72.8 Å². The summed E-state index contributed by atoms with van der Waals surface area (Å²) in [5.41, 5.74) is 5.71. The van der Waals surface area contributed by atoms with Gasteiger partial charge in [0.2, 0.25) is 0 Å². The van der Waals surface area contributed by atoms with E-state index in [1.54, 1.807) is 0 Å². The van der Waals surface area contributed by atoms with Gasteiger partial charge in [0.1, 0.15) is 0 Å². The molecule has 1 unspecified atom stereocenters. The molecule has 0 bridgehead atoms. The average Bonchev–Trinajstić information content (AvgIpc) is 3.21. The Labute approximate surface area is 183 Å². The van der Waals surface area contributed by atoms with Gasteiger partial charge in [0, 0.05) is 18.8 Å². The predicted molar refractivity (Wildman–Crippen MR) is 133 cm³/mol. The third-order valence-electron chi connectivity index (χ3n) is 5.37. The molecular weight excluding hydrogens is 354 g/mol. The van der Waals surface area contributed by atoms with Crippen LogP contribution in [0.5, 0.6) is 0 Å². The molecule has 1 N–H and O–H groups in total. The summed E-state index contributed by atoms with van der Waals surface area (Å²) in [7, 11) is 0. The molecule has 1 fully saturated rings. The predicted octanol–water partition coefficient (Wildman–Crippen LogP) is 8.87. The van der Waals surface area contributed by atoms with Crippen LogP contribution in [0, 0.1) is 0 Å². The summed E-state index contributed by atoms with van der Waals surface area (Å²) in [6.07, 6.45) is 6.84. The maximum absolute atomic E-state index is 5.77. The summed E-state index contributed by atoms with van der Waals surface area (Å²) < 4.78 is 5.77. The lowest BCUT2D eigenvalue weighted by Gasteiger charge is -2.24. The Morgan fingerprint density at radius 3 is 1.72 bits per heavy atom. The zero-order valence-electron chi connectivity index (χ0n) is 21.3. The van der Waals surface area contributed by atoms with E-state index in [0.29, 0.717) is 23.9 Å². The molecule has 1 heterocycles. The monoisotopic (exact) mass is 405 g/mol. The first kappa shape index (κ1) is 28.0. The Morgan fingerprint density at radius 2 is 1.41 bits per heavy atom. The van der Waals surface area contributed by atoms with E-state index in [1.165, 1.54) is 54.5 Å². The van der Waals surface area contributed by atoms with Gasteiger partial charge in [-0.2, -0.15) is 0 Å². The standard InChI is InChI=1S/C20H33NO.C5H12.C2H6/c1-13(2)16-10-18(14(3)4)20(19(11-16)15(5)6)21-12-17-8-7-9-22-17;1-3-5-4-2;1-2/h10-11,13-15,17,21H,7-9,12H2,1-6H3;3-5H2,1-2H3;1-2H3. The van der Waals surface area contributed by atoms with Crippen LogP contribution in [-0.2, 0) is 4.74 Å². The molecule has 1 saturated heterocycles. The summed E-state index contributed by atoms with van der Waals surface area (Å²) >= 11 is 0. The van der Waals surface area contributed by atoms with Gasteiger partial charge in [-0.25, -0.2) is 0 Å². The van der Waals surface area contributed by atoms with Crippen molar-refractivity contribution in [3.63, 3.8) is 0 Å². The van der Waals surface area contributed by atoms with E-state index in [-0.39, 0.29) is 0 Å². The Balaban J connectivity index is 0.000000977. The largest absolute Gasteiger partial charge is 0.382 e. The van der Waals surface area contributed by atoms with E-state index >= 15 is 0 Å². The SMILES string of the molecule is CC.CC(C)c1cc(C(C)C)c(NCC2CCCO2)c(C(C)C)c1.CCCCC. The number of unbranched alkanes of at least 4 members (excludes halogenated alkanes) is 2. The van der Waals surface area contributed by atoms with Crippen LogP contribution in [0.15, 0.2) is 12.1 Å². The summed E-state index contributed by atoms with van der Waals surface area (Å²) in [5, 5.41) is 3.73. The fourth-order valence-corrected chi connectivity index (χ4v) is 3.53. The fourth-order valence-electron chi connectivity index (χ4n) is 3.53. The highest BCUT2D eigenvalue weighted by atomic mass is 16.5. The lowest BCUT2D eigenvalue weighted by atomic mass is 9.87. The third-order valence-corrected chi connectivity index (χ3v) is 5.37. The van der Waals surface area contributed by atoms with Crippen molar-refractivity contribution < 1.29 is 4.74 Å². The molecule has 1 aliphatic heterocycles. The number of benzene rings is 1. The molecule has 170 valence electrons. The molecule has 1 aromatic rings. The maximum Gasteiger partial charge on any atom is 0.0748 e. The van der Waals surface area contributed by atoms with Crippen molar-refractivity contribution in [3.8, 4) is 0 Å². The van der Waals surface area contributed by atoms with Crippen molar-refractivity contribution in [2.45, 2.75) is 125 Å². The number of anilines is 1. The quantitative estimate of drug-likeness (QED) is 0.466. The second-order valence-corrected chi connectivity index (χ2v) is 8.91. The Hall–Kier alpha value is -1.02. The van der Waals surface area contributed by atoms with Crippen molar-refractivity contribution in [1.29, 1.82) is 0 Å². The van der Waals surface area contributed by atoms with Gasteiger partial charge in [-0.05, 0) is 47.3 Å². The molecular formula is C27H51NO. The molecule has 29 heavy (non-hydrogen) atoms. The molecule has 2 rings (SSSR count). The normalized spacial score (nSPS) is 15.8. The van der Waals surface area contributed by atoms with Gasteiger partial charge in [-0.3, -0.25) is 0 Å². The molecule has 0 spiro atoms. The van der Waals surface area contributed by atoms with Crippen molar-refractivity contribution in [2.24, 2.45) is 0 Å². The van der Waals surface area contributed by atoms with Crippen LogP contribution >= 0.6 is 0 Å². The van der Waals surface area contributed by atoms with Crippen LogP contribution in [-0.4, -0.2) is 19.3 Å². The smallest absolute Gasteiger partial charge is 0.0748 e. The van der Waals surface area contributed by atoms with Gasteiger partial charge < -0.3 is 10.1 Å². The lowest BCUT2D eigenvalue weighted by molar-refractivity contribution is 0.120. The highest BCUT2D eigenvalue weighted by Crippen LogP contribution is 2.36.